The van der Waals surface area contributed by atoms with Crippen LogP contribution in [-0.2, 0) is 4.74 Å². The molecule has 0 bridgehead atoms. The molecule has 0 radical (unpaired) electrons. The normalized spacial score (nSPS) is 27.0. The highest BCUT2D eigenvalue weighted by Gasteiger charge is 2.12. The van der Waals surface area contributed by atoms with Gasteiger partial charge in [0.05, 0.1) is 0 Å². The van der Waals surface area contributed by atoms with Gasteiger partial charge < -0.3 is 10.1 Å². The molecule has 0 aromatic rings. The van der Waals surface area contributed by atoms with E-state index in [1.54, 1.807) is 7.11 Å². The topological polar surface area (TPSA) is 21.3 Å². The lowest BCUT2D eigenvalue weighted by Gasteiger charge is -2.04. The second-order valence-electron chi connectivity index (χ2n) is 2.64. The summed E-state index contributed by atoms with van der Waals surface area (Å²) in [4.78, 5) is 0. The summed E-state index contributed by atoms with van der Waals surface area (Å²) in [5, 5.41) is 3.33. The second-order valence-corrected chi connectivity index (χ2v) is 2.64. The summed E-state index contributed by atoms with van der Waals surface area (Å²) < 4.78 is 4.98. The van der Waals surface area contributed by atoms with E-state index in [0.29, 0.717) is 0 Å². The van der Waals surface area contributed by atoms with Gasteiger partial charge in [0.25, 0.3) is 0 Å². The number of hydrogen-bond donors (Lipinski definition) is 1. The molecule has 1 rings (SSSR count). The zero-order valence-corrected chi connectivity index (χ0v) is 6.02. The fourth-order valence-corrected chi connectivity index (χ4v) is 1.25. The molecule has 0 unspecified atom stereocenters. The Kier molecular flexibility index (Phi) is 3.01. The molecule has 2 heteroatoms. The maximum absolute atomic E-state index is 4.98. The first-order valence-corrected chi connectivity index (χ1v) is 3.63. The van der Waals surface area contributed by atoms with Crippen LogP contribution in [0.2, 0.25) is 0 Å². The number of ether oxygens (including phenoxy) is 1. The molecule has 54 valence electrons. The number of nitrogens with one attached hydrogen (secondary N) is 1. The van der Waals surface area contributed by atoms with Crippen molar-refractivity contribution in [3.05, 3.63) is 0 Å². The zero-order chi connectivity index (χ0) is 6.53. The molecule has 9 heavy (non-hydrogen) atoms. The van der Waals surface area contributed by atoms with Crippen molar-refractivity contribution < 1.29 is 4.74 Å². The number of rotatable bonds is 3. The molecule has 1 aliphatic rings. The van der Waals surface area contributed by atoms with Crippen molar-refractivity contribution in [1.29, 1.82) is 0 Å². The predicted octanol–water partition coefficient (Wildman–Crippen LogP) is 0.632. The van der Waals surface area contributed by atoms with Gasteiger partial charge in [-0.05, 0) is 31.8 Å². The zero-order valence-electron chi connectivity index (χ0n) is 6.02. The molecule has 0 aliphatic carbocycles. The third-order valence-corrected chi connectivity index (χ3v) is 1.89. The lowest BCUT2D eigenvalue weighted by Crippen LogP contribution is -2.10. The van der Waals surface area contributed by atoms with Crippen LogP contribution in [0.1, 0.15) is 12.8 Å². The van der Waals surface area contributed by atoms with E-state index < -0.39 is 0 Å². The Balaban J connectivity index is 1.98. The van der Waals surface area contributed by atoms with Gasteiger partial charge in [-0.1, -0.05) is 0 Å². The van der Waals surface area contributed by atoms with Crippen LogP contribution in [-0.4, -0.2) is 26.8 Å². The lowest BCUT2D eigenvalue weighted by molar-refractivity contribution is 0.180. The monoisotopic (exact) mass is 129 g/mol. The summed E-state index contributed by atoms with van der Waals surface area (Å²) in [5.74, 6) is 0.880. The van der Waals surface area contributed by atoms with Gasteiger partial charge >= 0.3 is 0 Å². The van der Waals surface area contributed by atoms with Crippen molar-refractivity contribution in [2.45, 2.75) is 12.8 Å². The van der Waals surface area contributed by atoms with E-state index in [4.69, 9.17) is 4.74 Å². The maximum atomic E-state index is 4.98. The van der Waals surface area contributed by atoms with Crippen molar-refractivity contribution >= 4 is 0 Å². The largest absolute Gasteiger partial charge is 0.385 e. The third-order valence-electron chi connectivity index (χ3n) is 1.89. The summed E-state index contributed by atoms with van der Waals surface area (Å²) in [6.45, 7) is 3.32. The molecule has 0 aromatic heterocycles. The molecule has 1 aliphatic heterocycles. The molecule has 1 saturated heterocycles. The van der Waals surface area contributed by atoms with Crippen LogP contribution in [0.5, 0.6) is 0 Å². The Morgan fingerprint density at radius 3 is 3.11 bits per heavy atom. The van der Waals surface area contributed by atoms with Gasteiger partial charge in [-0.2, -0.15) is 0 Å². The number of hydrogen-bond acceptors (Lipinski definition) is 2. The Hall–Kier alpha value is -0.0800. The van der Waals surface area contributed by atoms with E-state index in [-0.39, 0.29) is 0 Å². The lowest BCUT2D eigenvalue weighted by atomic mass is 10.1. The Morgan fingerprint density at radius 2 is 2.56 bits per heavy atom. The average Bonchev–Trinajstić information content (AvgIpc) is 2.34. The van der Waals surface area contributed by atoms with Crippen LogP contribution >= 0.6 is 0 Å². The predicted molar refractivity (Wildman–Crippen MR) is 37.5 cm³/mol. The SMILES string of the molecule is COCC[C@@H]1CCNC1. The van der Waals surface area contributed by atoms with E-state index >= 15 is 0 Å². The number of methoxy groups -OCH3 is 1. The van der Waals surface area contributed by atoms with Gasteiger partial charge in [0.2, 0.25) is 0 Å². The average molecular weight is 129 g/mol. The first kappa shape index (κ1) is 7.03. The van der Waals surface area contributed by atoms with Gasteiger partial charge in [0.15, 0.2) is 0 Å². The molecule has 0 saturated carbocycles. The van der Waals surface area contributed by atoms with Gasteiger partial charge in [0, 0.05) is 13.7 Å². The quantitative estimate of drug-likeness (QED) is 0.603. The molecule has 0 amide bonds. The van der Waals surface area contributed by atoms with E-state index in [1.165, 1.54) is 25.9 Å². The third kappa shape index (κ3) is 2.33. The van der Waals surface area contributed by atoms with Crippen molar-refractivity contribution in [3.8, 4) is 0 Å². The van der Waals surface area contributed by atoms with Gasteiger partial charge in [-0.3, -0.25) is 0 Å². The van der Waals surface area contributed by atoms with Crippen LogP contribution in [0.25, 0.3) is 0 Å². The summed E-state index contributed by atoms with van der Waals surface area (Å²) in [6, 6.07) is 0. The Labute approximate surface area is 56.6 Å². The van der Waals surface area contributed by atoms with Crippen LogP contribution in [0, 0.1) is 5.92 Å². The van der Waals surface area contributed by atoms with Crippen molar-refractivity contribution in [1.82, 2.24) is 5.32 Å². The molecule has 2 nitrogen and oxygen atoms in total. The summed E-state index contributed by atoms with van der Waals surface area (Å²) in [7, 11) is 1.77. The molecular formula is C7H15NO. The van der Waals surface area contributed by atoms with Crippen molar-refractivity contribution in [2.75, 3.05) is 26.8 Å². The molecule has 1 heterocycles. The molecule has 1 fully saturated rings. The van der Waals surface area contributed by atoms with Gasteiger partial charge in [0.1, 0.15) is 0 Å². The molecule has 0 aromatic carbocycles. The van der Waals surface area contributed by atoms with Crippen LogP contribution < -0.4 is 5.32 Å². The van der Waals surface area contributed by atoms with E-state index in [1.807, 2.05) is 0 Å². The Morgan fingerprint density at radius 1 is 1.67 bits per heavy atom. The smallest absolute Gasteiger partial charge is 0.0465 e. The maximum Gasteiger partial charge on any atom is 0.0465 e. The van der Waals surface area contributed by atoms with Gasteiger partial charge in [-0.15, -0.1) is 0 Å². The molecule has 1 N–H and O–H groups in total. The minimum atomic E-state index is 0.880. The minimum absolute atomic E-state index is 0.880. The highest BCUT2D eigenvalue weighted by Crippen LogP contribution is 2.10. The molecular weight excluding hydrogens is 114 g/mol. The van der Waals surface area contributed by atoms with E-state index in [9.17, 15) is 0 Å². The van der Waals surface area contributed by atoms with E-state index in [0.717, 1.165) is 12.5 Å². The minimum Gasteiger partial charge on any atom is -0.385 e. The highest BCUT2D eigenvalue weighted by molar-refractivity contribution is 4.70. The highest BCUT2D eigenvalue weighted by atomic mass is 16.5. The first-order valence-electron chi connectivity index (χ1n) is 3.63. The van der Waals surface area contributed by atoms with Gasteiger partial charge in [-0.25, -0.2) is 0 Å². The van der Waals surface area contributed by atoms with Crippen molar-refractivity contribution in [3.63, 3.8) is 0 Å². The fourth-order valence-electron chi connectivity index (χ4n) is 1.25. The standard InChI is InChI=1S/C7H15NO/c1-9-5-3-7-2-4-8-6-7/h7-8H,2-6H2,1H3/t7-/m0/s1. The summed E-state index contributed by atoms with van der Waals surface area (Å²) >= 11 is 0. The van der Waals surface area contributed by atoms with Crippen LogP contribution in [0.3, 0.4) is 0 Å². The second kappa shape index (κ2) is 3.85. The van der Waals surface area contributed by atoms with Crippen molar-refractivity contribution in [2.24, 2.45) is 5.92 Å². The summed E-state index contributed by atoms with van der Waals surface area (Å²) in [6.07, 6.45) is 2.56. The summed E-state index contributed by atoms with van der Waals surface area (Å²) in [5.41, 5.74) is 0. The fraction of sp³-hybridized carbons (Fsp3) is 1.00. The molecule has 1 atom stereocenters. The first-order chi connectivity index (χ1) is 4.43. The van der Waals surface area contributed by atoms with Crippen LogP contribution in [0.4, 0.5) is 0 Å². The molecule has 0 spiro atoms. The van der Waals surface area contributed by atoms with E-state index in [2.05, 4.69) is 5.32 Å². The van der Waals surface area contributed by atoms with Crippen LogP contribution in [0.15, 0.2) is 0 Å². The Bertz CT molecular complexity index is 69.3.